The lowest BCUT2D eigenvalue weighted by Gasteiger charge is -2.36. The van der Waals surface area contributed by atoms with Gasteiger partial charge in [-0.3, -0.25) is 0 Å². The third-order valence-electron chi connectivity index (χ3n) is 4.50. The number of anilines is 2. The van der Waals surface area contributed by atoms with Crippen LogP contribution in [0.3, 0.4) is 0 Å². The smallest absolute Gasteiger partial charge is 0.202 e. The molecule has 2 heterocycles. The van der Waals surface area contributed by atoms with Crippen LogP contribution in [0.25, 0.3) is 0 Å². The molecule has 6 nitrogen and oxygen atoms in total. The first kappa shape index (κ1) is 18.6. The zero-order chi connectivity index (χ0) is 18.9. The molecular formula is C18H23FN4O2S. The van der Waals surface area contributed by atoms with Crippen LogP contribution in [-0.2, 0) is 9.84 Å². The van der Waals surface area contributed by atoms with E-state index < -0.39 is 14.6 Å². The van der Waals surface area contributed by atoms with Crippen molar-refractivity contribution in [3.63, 3.8) is 0 Å². The number of rotatable bonds is 3. The summed E-state index contributed by atoms with van der Waals surface area (Å²) in [6.07, 6.45) is 0. The van der Waals surface area contributed by atoms with Crippen molar-refractivity contribution in [2.45, 2.75) is 30.5 Å². The van der Waals surface area contributed by atoms with Crippen molar-refractivity contribution >= 4 is 21.3 Å². The van der Waals surface area contributed by atoms with Crippen molar-refractivity contribution in [1.29, 1.82) is 0 Å². The van der Waals surface area contributed by atoms with Crippen molar-refractivity contribution in [1.82, 2.24) is 10.2 Å². The third kappa shape index (κ3) is 3.51. The fourth-order valence-electron chi connectivity index (χ4n) is 2.82. The number of nitrogens with zero attached hydrogens (tertiary/aromatic N) is 4. The summed E-state index contributed by atoms with van der Waals surface area (Å²) in [4.78, 5) is 4.02. The zero-order valence-corrected chi connectivity index (χ0v) is 16.0. The van der Waals surface area contributed by atoms with E-state index in [1.807, 2.05) is 15.9 Å². The lowest BCUT2D eigenvalue weighted by atomic mass is 10.2. The molecule has 1 aromatic heterocycles. The molecule has 0 spiro atoms. The van der Waals surface area contributed by atoms with E-state index in [0.717, 1.165) is 0 Å². The van der Waals surface area contributed by atoms with Gasteiger partial charge in [0.15, 0.2) is 10.8 Å². The van der Waals surface area contributed by atoms with Crippen molar-refractivity contribution < 1.29 is 12.8 Å². The van der Waals surface area contributed by atoms with Crippen molar-refractivity contribution in [3.8, 4) is 0 Å². The summed E-state index contributed by atoms with van der Waals surface area (Å²) in [7, 11) is -3.52. The molecule has 0 saturated carbocycles. The maximum absolute atomic E-state index is 13.9. The number of hydrogen-bond acceptors (Lipinski definition) is 6. The Hall–Kier alpha value is -2.22. The van der Waals surface area contributed by atoms with Gasteiger partial charge < -0.3 is 9.80 Å². The van der Waals surface area contributed by atoms with Crippen LogP contribution in [-0.4, -0.2) is 49.5 Å². The Balaban J connectivity index is 1.70. The number of benzene rings is 1. The number of para-hydroxylation sites is 1. The van der Waals surface area contributed by atoms with E-state index in [0.29, 0.717) is 37.7 Å². The third-order valence-corrected chi connectivity index (χ3v) is 6.89. The molecule has 0 unspecified atom stereocenters. The van der Waals surface area contributed by atoms with Gasteiger partial charge in [-0.25, -0.2) is 12.8 Å². The second kappa shape index (κ2) is 6.83. The number of sulfone groups is 1. The minimum absolute atomic E-state index is 0.0151. The molecule has 1 aromatic carbocycles. The first-order chi connectivity index (χ1) is 12.2. The molecule has 0 N–H and O–H groups in total. The average molecular weight is 378 g/mol. The fraction of sp³-hybridized carbons (Fsp3) is 0.444. The number of halogens is 1. The highest BCUT2D eigenvalue weighted by atomic mass is 32.2. The minimum Gasteiger partial charge on any atom is -0.366 e. The van der Waals surface area contributed by atoms with Crippen LogP contribution >= 0.6 is 0 Å². The van der Waals surface area contributed by atoms with Gasteiger partial charge in [-0.15, -0.1) is 10.2 Å². The lowest BCUT2D eigenvalue weighted by molar-refractivity contribution is 0.553. The van der Waals surface area contributed by atoms with Gasteiger partial charge in [0.05, 0.1) is 10.4 Å². The average Bonchev–Trinajstić information content (AvgIpc) is 2.61. The van der Waals surface area contributed by atoms with Crippen molar-refractivity contribution in [3.05, 3.63) is 42.2 Å². The Bertz CT molecular complexity index is 871. The van der Waals surface area contributed by atoms with Gasteiger partial charge in [0, 0.05) is 26.2 Å². The molecule has 1 saturated heterocycles. The molecule has 8 heteroatoms. The van der Waals surface area contributed by atoms with Gasteiger partial charge in [0.2, 0.25) is 9.84 Å². The van der Waals surface area contributed by atoms with E-state index in [2.05, 4.69) is 10.2 Å². The second-order valence-corrected chi connectivity index (χ2v) is 9.92. The number of aromatic nitrogens is 2. The summed E-state index contributed by atoms with van der Waals surface area (Å²) < 4.78 is 37.8. The van der Waals surface area contributed by atoms with Crippen LogP contribution in [0.2, 0.25) is 0 Å². The van der Waals surface area contributed by atoms with E-state index in [9.17, 15) is 12.8 Å². The fourth-order valence-corrected chi connectivity index (χ4v) is 3.85. The molecule has 0 bridgehead atoms. The van der Waals surface area contributed by atoms with E-state index in [1.54, 1.807) is 39.0 Å². The Morgan fingerprint density at radius 3 is 2.08 bits per heavy atom. The molecule has 140 valence electrons. The number of piperazine rings is 1. The van der Waals surface area contributed by atoms with Crippen molar-refractivity contribution in [2.24, 2.45) is 0 Å². The Morgan fingerprint density at radius 1 is 0.923 bits per heavy atom. The van der Waals surface area contributed by atoms with Gasteiger partial charge in [-0.2, -0.15) is 0 Å². The van der Waals surface area contributed by atoms with Gasteiger partial charge in [0.25, 0.3) is 0 Å². The largest absolute Gasteiger partial charge is 0.366 e. The van der Waals surface area contributed by atoms with Gasteiger partial charge in [0.1, 0.15) is 5.82 Å². The molecule has 0 aliphatic carbocycles. The quantitative estimate of drug-likeness (QED) is 0.818. The summed E-state index contributed by atoms with van der Waals surface area (Å²) in [5.74, 6) is 0.406. The Kier molecular flexibility index (Phi) is 4.88. The molecule has 0 radical (unpaired) electrons. The maximum Gasteiger partial charge on any atom is 0.202 e. The summed E-state index contributed by atoms with van der Waals surface area (Å²) in [6.45, 7) is 7.55. The van der Waals surface area contributed by atoms with Crippen molar-refractivity contribution in [2.75, 3.05) is 36.0 Å². The van der Waals surface area contributed by atoms with Gasteiger partial charge in [-0.1, -0.05) is 12.1 Å². The number of hydrogen-bond donors (Lipinski definition) is 0. The van der Waals surface area contributed by atoms with Crippen LogP contribution in [0.5, 0.6) is 0 Å². The molecule has 2 aromatic rings. The highest BCUT2D eigenvalue weighted by Crippen LogP contribution is 2.25. The van der Waals surface area contributed by atoms with E-state index in [1.165, 1.54) is 12.1 Å². The monoisotopic (exact) mass is 378 g/mol. The lowest BCUT2D eigenvalue weighted by Crippen LogP contribution is -2.47. The predicted molar refractivity (Wildman–Crippen MR) is 99.8 cm³/mol. The van der Waals surface area contributed by atoms with Crippen LogP contribution in [0.1, 0.15) is 20.8 Å². The predicted octanol–water partition coefficient (Wildman–Crippen LogP) is 2.51. The standard InChI is InChI=1S/C18H23FN4O2S/c1-18(2,3)26(24,25)17-9-8-16(20-21-17)23-12-10-22(11-13-23)15-7-5-4-6-14(15)19/h4-9H,10-13H2,1-3H3. The first-order valence-corrected chi connectivity index (χ1v) is 10.0. The maximum atomic E-state index is 13.9. The molecule has 1 fully saturated rings. The SMILES string of the molecule is CC(C)(C)S(=O)(=O)c1ccc(N2CCN(c3ccccc3F)CC2)nn1. The minimum atomic E-state index is -3.52. The van der Waals surface area contributed by atoms with E-state index >= 15 is 0 Å². The highest BCUT2D eigenvalue weighted by Gasteiger charge is 2.32. The zero-order valence-electron chi connectivity index (χ0n) is 15.2. The molecule has 3 rings (SSSR count). The summed E-state index contributed by atoms with van der Waals surface area (Å²) >= 11 is 0. The Morgan fingerprint density at radius 2 is 1.54 bits per heavy atom. The topological polar surface area (TPSA) is 66.4 Å². The van der Waals surface area contributed by atoms with Crippen LogP contribution in [0, 0.1) is 5.82 Å². The van der Waals surface area contributed by atoms with E-state index in [-0.39, 0.29) is 10.8 Å². The molecule has 26 heavy (non-hydrogen) atoms. The van der Waals surface area contributed by atoms with Gasteiger partial charge in [-0.05, 0) is 45.0 Å². The Labute approximate surface area is 153 Å². The second-order valence-electron chi connectivity index (χ2n) is 7.27. The molecule has 0 atom stereocenters. The molecular weight excluding hydrogens is 355 g/mol. The molecule has 0 amide bonds. The van der Waals surface area contributed by atoms with Crippen LogP contribution in [0.4, 0.5) is 15.9 Å². The van der Waals surface area contributed by atoms with Gasteiger partial charge >= 0.3 is 0 Å². The summed E-state index contributed by atoms with van der Waals surface area (Å²) in [5, 5.41) is 8.02. The molecule has 1 aliphatic heterocycles. The molecule has 1 aliphatic rings. The first-order valence-electron chi connectivity index (χ1n) is 8.53. The van der Waals surface area contributed by atoms with Crippen LogP contribution in [0.15, 0.2) is 41.4 Å². The summed E-state index contributed by atoms with van der Waals surface area (Å²) in [6, 6.07) is 9.93. The highest BCUT2D eigenvalue weighted by molar-refractivity contribution is 7.92. The van der Waals surface area contributed by atoms with E-state index in [4.69, 9.17) is 0 Å². The normalized spacial score (nSPS) is 16.0. The summed E-state index contributed by atoms with van der Waals surface area (Å²) in [5.41, 5.74) is 0.602. The van der Waals surface area contributed by atoms with Crippen LogP contribution < -0.4 is 9.80 Å².